The molecule has 7 nitrogen and oxygen atoms in total. The van der Waals surface area contributed by atoms with Gasteiger partial charge in [0.15, 0.2) is 0 Å². The van der Waals surface area contributed by atoms with E-state index in [4.69, 9.17) is 16.3 Å². The van der Waals surface area contributed by atoms with E-state index >= 15 is 0 Å². The number of anilines is 1. The fourth-order valence-corrected chi connectivity index (χ4v) is 3.86. The van der Waals surface area contributed by atoms with Gasteiger partial charge in [0.05, 0.1) is 22.1 Å². The van der Waals surface area contributed by atoms with Crippen molar-refractivity contribution < 1.29 is 23.9 Å². The lowest BCUT2D eigenvalue weighted by atomic mass is 10.1. The highest BCUT2D eigenvalue weighted by molar-refractivity contribution is 8.18. The maximum absolute atomic E-state index is 12.6. The van der Waals surface area contributed by atoms with Crippen molar-refractivity contribution in [3.05, 3.63) is 69.1 Å². The first kappa shape index (κ1) is 23.6. The Morgan fingerprint density at radius 3 is 2.56 bits per heavy atom. The number of nitrogens with one attached hydrogen (secondary N) is 1. The number of hydrogen-bond donors (Lipinski definition) is 1. The fourth-order valence-electron chi connectivity index (χ4n) is 2.83. The molecule has 0 spiro atoms. The van der Waals surface area contributed by atoms with Gasteiger partial charge < -0.3 is 10.1 Å². The second kappa shape index (κ2) is 10.5. The van der Waals surface area contributed by atoms with E-state index in [1.54, 1.807) is 6.08 Å². The molecule has 0 aromatic heterocycles. The molecule has 3 amide bonds. The molecule has 1 saturated heterocycles. The van der Waals surface area contributed by atoms with Gasteiger partial charge in [0.25, 0.3) is 11.1 Å². The molecule has 2 aromatic rings. The molecule has 1 N–H and O–H groups in total. The van der Waals surface area contributed by atoms with Crippen LogP contribution in [0, 0.1) is 6.92 Å². The lowest BCUT2D eigenvalue weighted by Crippen LogP contribution is -2.36. The van der Waals surface area contributed by atoms with E-state index in [2.05, 4.69) is 5.32 Å². The Morgan fingerprint density at radius 2 is 1.88 bits per heavy atom. The van der Waals surface area contributed by atoms with Crippen LogP contribution in [0.5, 0.6) is 0 Å². The smallest absolute Gasteiger partial charge is 0.339 e. The summed E-state index contributed by atoms with van der Waals surface area (Å²) in [5, 5.41) is 2.25. The van der Waals surface area contributed by atoms with Crippen molar-refractivity contribution in [1.29, 1.82) is 0 Å². The third kappa shape index (κ3) is 5.77. The molecular formula is C23H21ClN2O5S. The van der Waals surface area contributed by atoms with Crippen LogP contribution in [0.2, 0.25) is 5.02 Å². The topological polar surface area (TPSA) is 92.8 Å². The van der Waals surface area contributed by atoms with E-state index in [1.807, 2.05) is 38.1 Å². The van der Waals surface area contributed by atoms with E-state index in [0.717, 1.165) is 27.8 Å². The minimum absolute atomic E-state index is 0.116. The first-order valence-corrected chi connectivity index (χ1v) is 11.1. The zero-order chi connectivity index (χ0) is 23.3. The van der Waals surface area contributed by atoms with Gasteiger partial charge in [-0.3, -0.25) is 19.3 Å². The van der Waals surface area contributed by atoms with Crippen LogP contribution in [0.15, 0.2) is 47.4 Å². The summed E-state index contributed by atoms with van der Waals surface area (Å²) in [4.78, 5) is 50.6. The van der Waals surface area contributed by atoms with Crippen molar-refractivity contribution in [2.45, 2.75) is 20.3 Å². The predicted molar refractivity (Wildman–Crippen MR) is 125 cm³/mol. The highest BCUT2D eigenvalue weighted by Gasteiger charge is 2.36. The third-order valence-corrected chi connectivity index (χ3v) is 5.69. The molecule has 0 unspecified atom stereocenters. The summed E-state index contributed by atoms with van der Waals surface area (Å²) in [7, 11) is 0. The third-order valence-electron chi connectivity index (χ3n) is 4.46. The largest absolute Gasteiger partial charge is 0.462 e. The van der Waals surface area contributed by atoms with Gasteiger partial charge in [0.2, 0.25) is 5.91 Å². The molecule has 0 radical (unpaired) electrons. The Bertz CT molecular complexity index is 1100. The zero-order valence-electron chi connectivity index (χ0n) is 17.5. The number of imide groups is 1. The van der Waals surface area contributed by atoms with Crippen LogP contribution in [0.1, 0.15) is 34.8 Å². The molecule has 1 heterocycles. The van der Waals surface area contributed by atoms with Crippen LogP contribution in [0.25, 0.3) is 6.08 Å². The van der Waals surface area contributed by atoms with E-state index in [-0.39, 0.29) is 22.1 Å². The molecule has 0 saturated carbocycles. The Kier molecular flexibility index (Phi) is 7.71. The number of ether oxygens (including phenoxy) is 1. The fraction of sp³-hybridized carbons (Fsp3) is 0.217. The van der Waals surface area contributed by atoms with Crippen molar-refractivity contribution in [2.75, 3.05) is 18.5 Å². The Labute approximate surface area is 194 Å². The normalized spacial score (nSPS) is 14.7. The number of benzene rings is 2. The lowest BCUT2D eigenvalue weighted by Gasteiger charge is -2.13. The molecule has 2 aromatic carbocycles. The number of hydrogen-bond acceptors (Lipinski definition) is 6. The first-order chi connectivity index (χ1) is 15.3. The van der Waals surface area contributed by atoms with Gasteiger partial charge in [-0.1, -0.05) is 48.4 Å². The Morgan fingerprint density at radius 1 is 1.16 bits per heavy atom. The van der Waals surface area contributed by atoms with Gasteiger partial charge in [-0.2, -0.15) is 0 Å². The van der Waals surface area contributed by atoms with Gasteiger partial charge in [-0.15, -0.1) is 0 Å². The number of halogens is 1. The van der Waals surface area contributed by atoms with Gasteiger partial charge in [0, 0.05) is 5.69 Å². The van der Waals surface area contributed by atoms with E-state index < -0.39 is 29.6 Å². The number of carbonyl (C=O) groups excluding carboxylic acids is 4. The van der Waals surface area contributed by atoms with Crippen molar-refractivity contribution >= 4 is 58.1 Å². The predicted octanol–water partition coefficient (Wildman–Crippen LogP) is 4.89. The zero-order valence-corrected chi connectivity index (χ0v) is 19.1. The summed E-state index contributed by atoms with van der Waals surface area (Å²) < 4.78 is 5.08. The molecule has 9 heteroatoms. The number of esters is 1. The summed E-state index contributed by atoms with van der Waals surface area (Å²) in [6.07, 6.45) is 2.28. The summed E-state index contributed by atoms with van der Waals surface area (Å²) in [5.74, 6) is -1.71. The van der Waals surface area contributed by atoms with Crippen LogP contribution in [0.4, 0.5) is 10.5 Å². The van der Waals surface area contributed by atoms with Crippen LogP contribution in [0.3, 0.4) is 0 Å². The summed E-state index contributed by atoms with van der Waals surface area (Å²) >= 11 is 6.84. The molecule has 1 fully saturated rings. The highest BCUT2D eigenvalue weighted by atomic mass is 35.5. The summed E-state index contributed by atoms with van der Waals surface area (Å²) in [5.41, 5.74) is 2.28. The lowest BCUT2D eigenvalue weighted by molar-refractivity contribution is -0.127. The van der Waals surface area contributed by atoms with E-state index in [9.17, 15) is 19.2 Å². The molecule has 32 heavy (non-hydrogen) atoms. The first-order valence-electron chi connectivity index (χ1n) is 9.87. The van der Waals surface area contributed by atoms with Crippen molar-refractivity contribution in [1.82, 2.24) is 4.90 Å². The van der Waals surface area contributed by atoms with Crippen molar-refractivity contribution in [3.8, 4) is 0 Å². The number of rotatable bonds is 7. The van der Waals surface area contributed by atoms with Crippen molar-refractivity contribution in [3.63, 3.8) is 0 Å². The van der Waals surface area contributed by atoms with Crippen molar-refractivity contribution in [2.24, 2.45) is 0 Å². The Hall–Kier alpha value is -3.10. The molecule has 0 atom stereocenters. The number of amides is 3. The summed E-state index contributed by atoms with van der Waals surface area (Å²) in [6.45, 7) is 3.62. The van der Waals surface area contributed by atoms with Gasteiger partial charge >= 0.3 is 5.97 Å². The highest BCUT2D eigenvalue weighted by Crippen LogP contribution is 2.32. The molecule has 3 rings (SSSR count). The quantitative estimate of drug-likeness (QED) is 0.455. The molecule has 1 aliphatic rings. The SMILES string of the molecule is CCCOC(=O)c1cc(NC(=O)CN2C(=O)S/C(=C/c3ccc(C)cc3)C2=O)ccc1Cl. The standard InChI is InChI=1S/C23H21ClN2O5S/c1-3-10-31-22(29)17-12-16(8-9-18(17)24)25-20(27)13-26-21(28)19(32-23(26)30)11-15-6-4-14(2)5-7-15/h4-9,11-12H,3,10,13H2,1-2H3,(H,25,27)/b19-11+. The van der Waals surface area contributed by atoms with Crippen LogP contribution < -0.4 is 5.32 Å². The van der Waals surface area contributed by atoms with Gasteiger partial charge in [-0.05, 0) is 54.9 Å². The maximum atomic E-state index is 12.6. The van der Waals surface area contributed by atoms with Crippen LogP contribution in [-0.4, -0.2) is 41.1 Å². The van der Waals surface area contributed by atoms with Crippen LogP contribution >= 0.6 is 23.4 Å². The summed E-state index contributed by atoms with van der Waals surface area (Å²) in [6, 6.07) is 11.9. The molecule has 166 valence electrons. The van der Waals surface area contributed by atoms with Gasteiger partial charge in [-0.25, -0.2) is 4.79 Å². The second-order valence-corrected chi connectivity index (χ2v) is 8.46. The molecular weight excluding hydrogens is 452 g/mol. The van der Waals surface area contributed by atoms with Crippen LogP contribution in [-0.2, 0) is 14.3 Å². The average molecular weight is 473 g/mol. The minimum atomic E-state index is -0.597. The average Bonchev–Trinajstić information content (AvgIpc) is 3.02. The number of carbonyl (C=O) groups is 4. The van der Waals surface area contributed by atoms with E-state index in [0.29, 0.717) is 12.1 Å². The minimum Gasteiger partial charge on any atom is -0.462 e. The number of thioether (sulfide) groups is 1. The number of nitrogens with zero attached hydrogens (tertiary/aromatic N) is 1. The molecule has 0 aliphatic carbocycles. The molecule has 0 bridgehead atoms. The second-order valence-electron chi connectivity index (χ2n) is 7.06. The monoisotopic (exact) mass is 472 g/mol. The Balaban J connectivity index is 1.67. The number of aryl methyl sites for hydroxylation is 1. The van der Waals surface area contributed by atoms with Gasteiger partial charge in [0.1, 0.15) is 6.54 Å². The maximum Gasteiger partial charge on any atom is 0.339 e. The van der Waals surface area contributed by atoms with E-state index in [1.165, 1.54) is 18.2 Å². The molecule has 1 aliphatic heterocycles.